The lowest BCUT2D eigenvalue weighted by Crippen LogP contribution is -2.51. The molecule has 128 valence electrons. The number of carbonyl (C=O) groups excluding carboxylic acids is 1. The Morgan fingerprint density at radius 1 is 1.26 bits per heavy atom. The van der Waals surface area contributed by atoms with Crippen molar-refractivity contribution in [2.24, 2.45) is 0 Å². The van der Waals surface area contributed by atoms with Crippen molar-refractivity contribution in [3.63, 3.8) is 0 Å². The molecule has 7 nitrogen and oxygen atoms in total. The van der Waals surface area contributed by atoms with Crippen LogP contribution in [0.3, 0.4) is 0 Å². The lowest BCUT2D eigenvalue weighted by Gasteiger charge is -2.35. The summed E-state index contributed by atoms with van der Waals surface area (Å²) < 4.78 is 11.0. The number of morpholine rings is 1. The zero-order valence-corrected chi connectivity index (χ0v) is 14.0. The number of hydrogen-bond donors (Lipinski definition) is 0. The van der Waals surface area contributed by atoms with Gasteiger partial charge in [-0.3, -0.25) is 9.69 Å². The topological polar surface area (TPSA) is 71.7 Å². The number of likely N-dealkylation sites (tertiary alicyclic amines) is 1. The van der Waals surface area contributed by atoms with Crippen LogP contribution in [0.15, 0.2) is 4.52 Å². The highest BCUT2D eigenvalue weighted by Crippen LogP contribution is 2.16. The predicted octanol–water partition coefficient (Wildman–Crippen LogP) is 1.41. The number of ether oxygens (including phenoxy) is 1. The molecule has 0 aromatic carbocycles. The molecule has 2 aliphatic rings. The molecule has 1 amide bonds. The zero-order chi connectivity index (χ0) is 16.2. The maximum Gasteiger partial charge on any atom is 0.253 e. The summed E-state index contributed by atoms with van der Waals surface area (Å²) in [6.45, 7) is 8.31. The molecule has 2 fully saturated rings. The standard InChI is InChI=1S/C16H26N4O3/c1-12(2)15-17-14(23-18-15)11-19-8-9-22-13(10-19)16(21)20-6-4-3-5-7-20/h12-13H,3-11H2,1-2H3. The molecule has 3 heterocycles. The highest BCUT2D eigenvalue weighted by atomic mass is 16.5. The van der Waals surface area contributed by atoms with Gasteiger partial charge in [-0.15, -0.1) is 0 Å². The van der Waals surface area contributed by atoms with Gasteiger partial charge in [0, 0.05) is 32.1 Å². The van der Waals surface area contributed by atoms with Gasteiger partial charge in [-0.25, -0.2) is 0 Å². The molecule has 3 rings (SSSR count). The van der Waals surface area contributed by atoms with Gasteiger partial charge in [0.25, 0.3) is 5.91 Å². The summed E-state index contributed by atoms with van der Waals surface area (Å²) in [5, 5.41) is 3.99. The molecular weight excluding hydrogens is 296 g/mol. The van der Waals surface area contributed by atoms with E-state index in [9.17, 15) is 4.79 Å². The fraction of sp³-hybridized carbons (Fsp3) is 0.812. The van der Waals surface area contributed by atoms with Crippen LogP contribution in [0, 0.1) is 0 Å². The molecule has 0 aliphatic carbocycles. The molecule has 0 N–H and O–H groups in total. The maximum atomic E-state index is 12.6. The molecule has 1 unspecified atom stereocenters. The van der Waals surface area contributed by atoms with Crippen LogP contribution in [-0.2, 0) is 16.1 Å². The Morgan fingerprint density at radius 2 is 2.04 bits per heavy atom. The van der Waals surface area contributed by atoms with E-state index in [2.05, 4.69) is 15.0 Å². The number of hydrogen-bond acceptors (Lipinski definition) is 6. The summed E-state index contributed by atoms with van der Waals surface area (Å²) in [6.07, 6.45) is 3.05. The number of aromatic nitrogens is 2. The summed E-state index contributed by atoms with van der Waals surface area (Å²) in [7, 11) is 0. The predicted molar refractivity (Wildman–Crippen MR) is 83.8 cm³/mol. The van der Waals surface area contributed by atoms with Gasteiger partial charge in [0.15, 0.2) is 5.82 Å². The lowest BCUT2D eigenvalue weighted by atomic mass is 10.1. The van der Waals surface area contributed by atoms with Crippen molar-refractivity contribution >= 4 is 5.91 Å². The Balaban J connectivity index is 1.55. The maximum absolute atomic E-state index is 12.6. The van der Waals surface area contributed by atoms with Gasteiger partial charge in [0.05, 0.1) is 13.2 Å². The van der Waals surface area contributed by atoms with Crippen molar-refractivity contribution in [2.75, 3.05) is 32.8 Å². The first kappa shape index (κ1) is 16.4. The van der Waals surface area contributed by atoms with Crippen molar-refractivity contribution in [1.82, 2.24) is 19.9 Å². The van der Waals surface area contributed by atoms with Gasteiger partial charge >= 0.3 is 0 Å². The Bertz CT molecular complexity index is 525. The smallest absolute Gasteiger partial charge is 0.253 e. The minimum atomic E-state index is -0.366. The SMILES string of the molecule is CC(C)c1noc(CN2CCOC(C(=O)N3CCCCC3)C2)n1. The Labute approximate surface area is 137 Å². The van der Waals surface area contributed by atoms with Crippen molar-refractivity contribution < 1.29 is 14.1 Å². The highest BCUT2D eigenvalue weighted by molar-refractivity contribution is 5.81. The van der Waals surface area contributed by atoms with E-state index in [0.717, 1.165) is 38.3 Å². The molecule has 0 radical (unpaired) electrons. The van der Waals surface area contributed by atoms with E-state index in [-0.39, 0.29) is 17.9 Å². The van der Waals surface area contributed by atoms with Crippen molar-refractivity contribution in [1.29, 1.82) is 0 Å². The quantitative estimate of drug-likeness (QED) is 0.834. The fourth-order valence-electron chi connectivity index (χ4n) is 3.07. The van der Waals surface area contributed by atoms with Gasteiger partial charge in [0.1, 0.15) is 6.10 Å². The molecule has 1 aromatic rings. The third-order valence-electron chi connectivity index (χ3n) is 4.45. The Morgan fingerprint density at radius 3 is 2.74 bits per heavy atom. The average molecular weight is 322 g/mol. The third-order valence-corrected chi connectivity index (χ3v) is 4.45. The van der Waals surface area contributed by atoms with E-state index in [1.807, 2.05) is 18.7 Å². The van der Waals surface area contributed by atoms with Crippen molar-refractivity contribution in [3.8, 4) is 0 Å². The van der Waals surface area contributed by atoms with Crippen LogP contribution in [0.25, 0.3) is 0 Å². The summed E-state index contributed by atoms with van der Waals surface area (Å²) in [6, 6.07) is 0. The molecule has 23 heavy (non-hydrogen) atoms. The van der Waals surface area contributed by atoms with Gasteiger partial charge in [-0.2, -0.15) is 4.98 Å². The molecule has 1 atom stereocenters. The summed E-state index contributed by atoms with van der Waals surface area (Å²) >= 11 is 0. The summed E-state index contributed by atoms with van der Waals surface area (Å²) in [4.78, 5) is 21.1. The first-order valence-electron chi connectivity index (χ1n) is 8.58. The largest absolute Gasteiger partial charge is 0.366 e. The normalized spacial score (nSPS) is 23.4. The van der Waals surface area contributed by atoms with Crippen LogP contribution in [0.5, 0.6) is 0 Å². The number of nitrogens with zero attached hydrogens (tertiary/aromatic N) is 4. The number of piperidine rings is 1. The van der Waals surface area contributed by atoms with Gasteiger partial charge in [-0.05, 0) is 19.3 Å². The average Bonchev–Trinajstić information content (AvgIpc) is 3.04. The minimum Gasteiger partial charge on any atom is -0.366 e. The molecule has 2 saturated heterocycles. The van der Waals surface area contributed by atoms with Gasteiger partial charge < -0.3 is 14.2 Å². The molecule has 0 saturated carbocycles. The Hall–Kier alpha value is -1.47. The molecule has 7 heteroatoms. The van der Waals surface area contributed by atoms with Crippen LogP contribution in [-0.4, -0.2) is 64.7 Å². The first-order chi connectivity index (χ1) is 11.1. The Kier molecular flexibility index (Phi) is 5.27. The van der Waals surface area contributed by atoms with Gasteiger partial charge in [-0.1, -0.05) is 19.0 Å². The second-order valence-corrected chi connectivity index (χ2v) is 6.68. The molecule has 0 spiro atoms. The molecule has 0 bridgehead atoms. The van der Waals surface area contributed by atoms with E-state index in [1.165, 1.54) is 6.42 Å². The van der Waals surface area contributed by atoms with E-state index < -0.39 is 0 Å². The second kappa shape index (κ2) is 7.40. The molecule has 1 aromatic heterocycles. The molecule has 2 aliphatic heterocycles. The van der Waals surface area contributed by atoms with E-state index in [1.54, 1.807) is 0 Å². The number of amides is 1. The highest BCUT2D eigenvalue weighted by Gasteiger charge is 2.31. The number of rotatable bonds is 4. The van der Waals surface area contributed by atoms with E-state index in [4.69, 9.17) is 9.26 Å². The lowest BCUT2D eigenvalue weighted by molar-refractivity contribution is -0.150. The van der Waals surface area contributed by atoms with E-state index in [0.29, 0.717) is 25.6 Å². The van der Waals surface area contributed by atoms with E-state index >= 15 is 0 Å². The van der Waals surface area contributed by atoms with Gasteiger partial charge in [0.2, 0.25) is 5.89 Å². The van der Waals surface area contributed by atoms with Crippen LogP contribution >= 0.6 is 0 Å². The minimum absolute atomic E-state index is 0.128. The van der Waals surface area contributed by atoms with Crippen LogP contribution in [0.2, 0.25) is 0 Å². The van der Waals surface area contributed by atoms with Crippen LogP contribution < -0.4 is 0 Å². The zero-order valence-electron chi connectivity index (χ0n) is 14.0. The molecular formula is C16H26N4O3. The monoisotopic (exact) mass is 322 g/mol. The van der Waals surface area contributed by atoms with Crippen LogP contribution in [0.4, 0.5) is 0 Å². The number of carbonyl (C=O) groups is 1. The van der Waals surface area contributed by atoms with Crippen molar-refractivity contribution in [2.45, 2.75) is 51.7 Å². The third kappa shape index (κ3) is 4.09. The summed E-state index contributed by atoms with van der Waals surface area (Å²) in [5.74, 6) is 1.72. The summed E-state index contributed by atoms with van der Waals surface area (Å²) in [5.41, 5.74) is 0. The van der Waals surface area contributed by atoms with Crippen LogP contribution in [0.1, 0.15) is 50.7 Å². The second-order valence-electron chi connectivity index (χ2n) is 6.68. The first-order valence-corrected chi connectivity index (χ1v) is 8.58. The van der Waals surface area contributed by atoms with Crippen molar-refractivity contribution in [3.05, 3.63) is 11.7 Å². The fourth-order valence-corrected chi connectivity index (χ4v) is 3.07.